The number of amides is 1. The smallest absolute Gasteiger partial charge is 0.412 e. The molecule has 102 valence electrons. The van der Waals surface area contributed by atoms with Gasteiger partial charge in [0.2, 0.25) is 0 Å². The van der Waals surface area contributed by atoms with Gasteiger partial charge in [-0.1, -0.05) is 12.6 Å². The second-order valence-electron chi connectivity index (χ2n) is 4.86. The number of anilines is 1. The minimum absolute atomic E-state index is 0.0286. The minimum atomic E-state index is -0.823. The number of para-hydroxylation sites is 1. The van der Waals surface area contributed by atoms with Crippen LogP contribution in [-0.4, -0.2) is 17.5 Å². The fourth-order valence-corrected chi connectivity index (χ4v) is 1.37. The van der Waals surface area contributed by atoms with Crippen LogP contribution in [0, 0.1) is 5.82 Å². The molecular formula is C14H16FNO3. The molecule has 0 fully saturated rings. The molecule has 0 saturated carbocycles. The van der Waals surface area contributed by atoms with E-state index in [0.29, 0.717) is 0 Å². The molecule has 5 heteroatoms. The van der Waals surface area contributed by atoms with Crippen LogP contribution >= 0.6 is 0 Å². The molecule has 0 unspecified atom stereocenters. The number of carbonyl (C=O) groups excluding carboxylic acids is 2. The SMILES string of the molecule is C=CC(=O)c1cccc(F)c1NC(=O)OC(C)(C)C. The number of carbonyl (C=O) groups is 2. The van der Waals surface area contributed by atoms with Gasteiger partial charge in [0.1, 0.15) is 11.4 Å². The van der Waals surface area contributed by atoms with Gasteiger partial charge in [0.15, 0.2) is 5.78 Å². The summed E-state index contributed by atoms with van der Waals surface area (Å²) in [7, 11) is 0. The lowest BCUT2D eigenvalue weighted by Gasteiger charge is -2.20. The predicted octanol–water partition coefficient (Wildman–Crippen LogP) is 3.54. The summed E-state index contributed by atoms with van der Waals surface area (Å²) in [6, 6.07) is 3.93. The molecular weight excluding hydrogens is 249 g/mol. The fraction of sp³-hybridized carbons (Fsp3) is 0.286. The summed E-state index contributed by atoms with van der Waals surface area (Å²) >= 11 is 0. The first-order valence-electron chi connectivity index (χ1n) is 5.70. The molecule has 0 aliphatic rings. The van der Waals surface area contributed by atoms with E-state index >= 15 is 0 Å². The summed E-state index contributed by atoms with van der Waals surface area (Å²) in [6.45, 7) is 8.38. The summed E-state index contributed by atoms with van der Waals surface area (Å²) < 4.78 is 18.7. The Balaban J connectivity index is 3.03. The van der Waals surface area contributed by atoms with Gasteiger partial charge in [-0.3, -0.25) is 10.1 Å². The van der Waals surface area contributed by atoms with E-state index in [1.807, 2.05) is 0 Å². The highest BCUT2D eigenvalue weighted by atomic mass is 19.1. The van der Waals surface area contributed by atoms with Crippen molar-refractivity contribution in [3.63, 3.8) is 0 Å². The van der Waals surface area contributed by atoms with Crippen LogP contribution in [0.15, 0.2) is 30.9 Å². The van der Waals surface area contributed by atoms with Crippen LogP contribution < -0.4 is 5.32 Å². The number of hydrogen-bond donors (Lipinski definition) is 1. The van der Waals surface area contributed by atoms with Crippen LogP contribution in [0.3, 0.4) is 0 Å². The van der Waals surface area contributed by atoms with Gasteiger partial charge in [-0.15, -0.1) is 0 Å². The van der Waals surface area contributed by atoms with Crippen molar-refractivity contribution in [2.24, 2.45) is 0 Å². The molecule has 0 aliphatic heterocycles. The molecule has 0 saturated heterocycles. The Labute approximate surface area is 111 Å². The summed E-state index contributed by atoms with van der Waals surface area (Å²) in [6.07, 6.45) is 0.227. The van der Waals surface area contributed by atoms with Crippen LogP contribution in [-0.2, 0) is 4.74 Å². The molecule has 0 aromatic heterocycles. The molecule has 19 heavy (non-hydrogen) atoms. The lowest BCUT2D eigenvalue weighted by molar-refractivity contribution is 0.0635. The maximum atomic E-state index is 13.7. The Morgan fingerprint density at radius 2 is 2.00 bits per heavy atom. The molecule has 1 aromatic rings. The van der Waals surface area contributed by atoms with E-state index in [-0.39, 0.29) is 11.3 Å². The zero-order chi connectivity index (χ0) is 14.6. The summed E-state index contributed by atoms with van der Waals surface area (Å²) in [4.78, 5) is 23.2. The van der Waals surface area contributed by atoms with Crippen molar-refractivity contribution in [1.82, 2.24) is 0 Å². The number of rotatable bonds is 3. The average Bonchev–Trinajstić information content (AvgIpc) is 2.28. The number of halogens is 1. The monoisotopic (exact) mass is 265 g/mol. The Morgan fingerprint density at radius 3 is 2.53 bits per heavy atom. The van der Waals surface area contributed by atoms with E-state index in [1.165, 1.54) is 12.1 Å². The largest absolute Gasteiger partial charge is 0.444 e. The van der Waals surface area contributed by atoms with Gasteiger partial charge in [-0.2, -0.15) is 0 Å². The van der Waals surface area contributed by atoms with E-state index in [1.54, 1.807) is 20.8 Å². The van der Waals surface area contributed by atoms with E-state index in [9.17, 15) is 14.0 Å². The van der Waals surface area contributed by atoms with Crippen LogP contribution in [0.4, 0.5) is 14.9 Å². The van der Waals surface area contributed by atoms with Gasteiger partial charge in [0.05, 0.1) is 5.69 Å². The standard InChI is InChI=1S/C14H16FNO3/c1-5-11(17)9-7-6-8-10(15)12(9)16-13(18)19-14(2,3)4/h5-8H,1H2,2-4H3,(H,16,18). The second-order valence-corrected chi connectivity index (χ2v) is 4.86. The van der Waals surface area contributed by atoms with Crippen molar-refractivity contribution in [2.45, 2.75) is 26.4 Å². The van der Waals surface area contributed by atoms with Crippen molar-refractivity contribution in [3.8, 4) is 0 Å². The molecule has 1 rings (SSSR count). The zero-order valence-electron chi connectivity index (χ0n) is 11.1. The molecule has 0 spiro atoms. The normalized spacial score (nSPS) is 10.7. The number of nitrogens with one attached hydrogen (secondary N) is 1. The van der Waals surface area contributed by atoms with Gasteiger partial charge in [-0.05, 0) is 39.0 Å². The molecule has 1 aromatic carbocycles. The highest BCUT2D eigenvalue weighted by molar-refractivity contribution is 6.09. The third kappa shape index (κ3) is 4.21. The summed E-state index contributed by atoms with van der Waals surface area (Å²) in [5.74, 6) is -1.19. The molecule has 0 bridgehead atoms. The van der Waals surface area contributed by atoms with Crippen molar-refractivity contribution in [1.29, 1.82) is 0 Å². The zero-order valence-corrected chi connectivity index (χ0v) is 11.1. The van der Waals surface area contributed by atoms with Crippen molar-refractivity contribution in [3.05, 3.63) is 42.2 Å². The fourth-order valence-electron chi connectivity index (χ4n) is 1.37. The molecule has 1 amide bonds. The van der Waals surface area contributed by atoms with E-state index < -0.39 is 23.3 Å². The van der Waals surface area contributed by atoms with Crippen molar-refractivity contribution < 1.29 is 18.7 Å². The van der Waals surface area contributed by atoms with E-state index in [0.717, 1.165) is 12.1 Å². The van der Waals surface area contributed by atoms with Crippen molar-refractivity contribution in [2.75, 3.05) is 5.32 Å². The van der Waals surface area contributed by atoms with E-state index in [2.05, 4.69) is 11.9 Å². The minimum Gasteiger partial charge on any atom is -0.444 e. The Kier molecular flexibility index (Phi) is 4.43. The lowest BCUT2D eigenvalue weighted by Crippen LogP contribution is -2.28. The van der Waals surface area contributed by atoms with Gasteiger partial charge in [0, 0.05) is 5.56 Å². The van der Waals surface area contributed by atoms with Gasteiger partial charge < -0.3 is 4.74 Å². The third-order valence-corrected chi connectivity index (χ3v) is 2.09. The first kappa shape index (κ1) is 14.9. The summed E-state index contributed by atoms with van der Waals surface area (Å²) in [5.41, 5.74) is -0.889. The van der Waals surface area contributed by atoms with Gasteiger partial charge in [-0.25, -0.2) is 9.18 Å². The molecule has 0 heterocycles. The van der Waals surface area contributed by atoms with Crippen LogP contribution in [0.2, 0.25) is 0 Å². The number of ether oxygens (including phenoxy) is 1. The number of benzene rings is 1. The lowest BCUT2D eigenvalue weighted by atomic mass is 10.1. The maximum Gasteiger partial charge on any atom is 0.412 e. The molecule has 1 N–H and O–H groups in total. The number of ketones is 1. The first-order chi connectivity index (χ1) is 8.74. The topological polar surface area (TPSA) is 55.4 Å². The molecule has 0 radical (unpaired) electrons. The van der Waals surface area contributed by atoms with Crippen LogP contribution in [0.1, 0.15) is 31.1 Å². The molecule has 4 nitrogen and oxygen atoms in total. The number of allylic oxidation sites excluding steroid dienone is 1. The van der Waals surface area contributed by atoms with Crippen LogP contribution in [0.5, 0.6) is 0 Å². The van der Waals surface area contributed by atoms with E-state index in [4.69, 9.17) is 4.74 Å². The van der Waals surface area contributed by atoms with Gasteiger partial charge >= 0.3 is 6.09 Å². The maximum absolute atomic E-state index is 13.7. The predicted molar refractivity (Wildman–Crippen MR) is 70.8 cm³/mol. The van der Waals surface area contributed by atoms with Crippen molar-refractivity contribution >= 4 is 17.6 Å². The average molecular weight is 265 g/mol. The molecule has 0 aliphatic carbocycles. The Bertz CT molecular complexity index is 518. The Morgan fingerprint density at radius 1 is 1.37 bits per heavy atom. The van der Waals surface area contributed by atoms with Crippen LogP contribution in [0.25, 0.3) is 0 Å². The summed E-state index contributed by atoms with van der Waals surface area (Å²) in [5, 5.41) is 2.25. The third-order valence-electron chi connectivity index (χ3n) is 2.09. The quantitative estimate of drug-likeness (QED) is 0.671. The molecule has 0 atom stereocenters. The highest BCUT2D eigenvalue weighted by Gasteiger charge is 2.20. The highest BCUT2D eigenvalue weighted by Crippen LogP contribution is 2.21. The second kappa shape index (κ2) is 5.65. The number of hydrogen-bond acceptors (Lipinski definition) is 3. The Hall–Kier alpha value is -2.17. The first-order valence-corrected chi connectivity index (χ1v) is 5.70. The van der Waals surface area contributed by atoms with Gasteiger partial charge in [0.25, 0.3) is 0 Å².